The van der Waals surface area contributed by atoms with Gasteiger partial charge in [-0.05, 0) is 76.8 Å². The summed E-state index contributed by atoms with van der Waals surface area (Å²) in [6.45, 7) is 0. The lowest BCUT2D eigenvalue weighted by molar-refractivity contribution is 0.102. The summed E-state index contributed by atoms with van der Waals surface area (Å²) in [5.41, 5.74) is 1.23. The number of nitrogens with zero attached hydrogens (tertiary/aromatic N) is 1. The van der Waals surface area contributed by atoms with Gasteiger partial charge in [0.1, 0.15) is 0 Å². The van der Waals surface area contributed by atoms with Crippen LogP contribution in [0.5, 0.6) is 0 Å². The number of thioether (sulfide) groups is 1. The third-order valence-corrected chi connectivity index (χ3v) is 5.03. The third kappa shape index (κ3) is 5.12. The molecule has 0 spiro atoms. The van der Waals surface area contributed by atoms with E-state index in [9.17, 15) is 9.59 Å². The number of anilines is 1. The predicted molar refractivity (Wildman–Crippen MR) is 104 cm³/mol. The summed E-state index contributed by atoms with van der Waals surface area (Å²) in [7, 11) is 3.41. The normalized spacial score (nSPS) is 10.3. The highest BCUT2D eigenvalue weighted by Crippen LogP contribution is 2.23. The number of rotatable bonds is 3. The SMILES string of the molecule is CN(C)C(=O)Sc1ccc(NC(=O)c2ccc(Cl)cc2I)cc1. The summed E-state index contributed by atoms with van der Waals surface area (Å²) in [5.74, 6) is -0.198. The van der Waals surface area contributed by atoms with E-state index in [4.69, 9.17) is 11.6 Å². The molecule has 0 fully saturated rings. The van der Waals surface area contributed by atoms with E-state index < -0.39 is 0 Å². The quantitative estimate of drug-likeness (QED) is 0.520. The summed E-state index contributed by atoms with van der Waals surface area (Å²) < 4.78 is 0.788. The van der Waals surface area contributed by atoms with Gasteiger partial charge in [0.2, 0.25) is 0 Å². The Hall–Kier alpha value is -1.25. The lowest BCUT2D eigenvalue weighted by atomic mass is 10.2. The van der Waals surface area contributed by atoms with Crippen molar-refractivity contribution in [2.24, 2.45) is 0 Å². The van der Waals surface area contributed by atoms with Gasteiger partial charge in [0.15, 0.2) is 0 Å². The van der Waals surface area contributed by atoms with Gasteiger partial charge in [0, 0.05) is 33.3 Å². The molecule has 2 rings (SSSR count). The van der Waals surface area contributed by atoms with Gasteiger partial charge in [-0.2, -0.15) is 0 Å². The van der Waals surface area contributed by atoms with E-state index in [1.165, 1.54) is 4.90 Å². The summed E-state index contributed by atoms with van der Waals surface area (Å²) in [4.78, 5) is 26.2. The van der Waals surface area contributed by atoms with Gasteiger partial charge in [-0.1, -0.05) is 11.6 Å². The van der Waals surface area contributed by atoms with Crippen LogP contribution in [0, 0.1) is 3.57 Å². The van der Waals surface area contributed by atoms with Crippen LogP contribution in [0.2, 0.25) is 5.02 Å². The van der Waals surface area contributed by atoms with Gasteiger partial charge in [0.25, 0.3) is 11.1 Å². The van der Waals surface area contributed by atoms with Gasteiger partial charge in [0.05, 0.1) is 5.56 Å². The van der Waals surface area contributed by atoms with Crippen molar-refractivity contribution < 1.29 is 9.59 Å². The van der Waals surface area contributed by atoms with Crippen molar-refractivity contribution in [2.45, 2.75) is 4.90 Å². The second-order valence-electron chi connectivity index (χ2n) is 4.87. The van der Waals surface area contributed by atoms with Crippen LogP contribution in [0.15, 0.2) is 47.4 Å². The second kappa shape index (κ2) is 8.03. The summed E-state index contributed by atoms with van der Waals surface area (Å²) >= 11 is 9.11. The number of nitrogens with one attached hydrogen (secondary N) is 1. The van der Waals surface area contributed by atoms with Crippen LogP contribution >= 0.6 is 46.0 Å². The Morgan fingerprint density at radius 2 is 1.78 bits per heavy atom. The van der Waals surface area contributed by atoms with Gasteiger partial charge in [-0.15, -0.1) is 0 Å². The molecule has 2 aromatic carbocycles. The van der Waals surface area contributed by atoms with Crippen molar-refractivity contribution in [3.8, 4) is 0 Å². The first kappa shape index (κ1) is 18.1. The van der Waals surface area contributed by atoms with Gasteiger partial charge in [-0.25, -0.2) is 0 Å². The van der Waals surface area contributed by atoms with Gasteiger partial charge < -0.3 is 10.2 Å². The summed E-state index contributed by atoms with van der Waals surface area (Å²) in [6.07, 6.45) is 0. The maximum atomic E-state index is 12.3. The zero-order chi connectivity index (χ0) is 17.0. The Morgan fingerprint density at radius 1 is 1.13 bits per heavy atom. The van der Waals surface area contributed by atoms with E-state index in [1.807, 2.05) is 0 Å². The van der Waals surface area contributed by atoms with Crippen molar-refractivity contribution in [1.82, 2.24) is 4.90 Å². The molecule has 4 nitrogen and oxygen atoms in total. The van der Waals surface area contributed by atoms with E-state index in [-0.39, 0.29) is 11.1 Å². The highest BCUT2D eigenvalue weighted by molar-refractivity contribution is 14.1. The van der Waals surface area contributed by atoms with E-state index >= 15 is 0 Å². The molecule has 0 saturated carbocycles. The molecule has 0 radical (unpaired) electrons. The van der Waals surface area contributed by atoms with Crippen LogP contribution in [-0.4, -0.2) is 30.1 Å². The fourth-order valence-electron chi connectivity index (χ4n) is 1.67. The Bertz CT molecular complexity index is 735. The first-order valence-corrected chi connectivity index (χ1v) is 8.90. The van der Waals surface area contributed by atoms with E-state index in [0.29, 0.717) is 16.3 Å². The molecule has 2 amide bonds. The highest BCUT2D eigenvalue weighted by atomic mass is 127. The van der Waals surface area contributed by atoms with Crippen LogP contribution in [-0.2, 0) is 0 Å². The van der Waals surface area contributed by atoms with Crippen LogP contribution in [0.1, 0.15) is 10.4 Å². The number of hydrogen-bond donors (Lipinski definition) is 1. The first-order chi connectivity index (χ1) is 10.9. The molecular formula is C16H14ClIN2O2S. The predicted octanol–water partition coefficient (Wildman–Crippen LogP) is 4.97. The molecule has 0 bridgehead atoms. The van der Waals surface area contributed by atoms with E-state index in [0.717, 1.165) is 20.2 Å². The third-order valence-electron chi connectivity index (χ3n) is 2.86. The number of benzene rings is 2. The molecule has 0 atom stereocenters. The molecule has 0 aliphatic heterocycles. The Morgan fingerprint density at radius 3 is 2.35 bits per heavy atom. The zero-order valence-electron chi connectivity index (χ0n) is 12.5. The van der Waals surface area contributed by atoms with Crippen molar-refractivity contribution >= 4 is 62.8 Å². The molecule has 0 unspecified atom stereocenters. The molecule has 1 N–H and O–H groups in total. The zero-order valence-corrected chi connectivity index (χ0v) is 16.2. The monoisotopic (exact) mass is 460 g/mol. The molecule has 0 aromatic heterocycles. The molecular weight excluding hydrogens is 447 g/mol. The van der Waals surface area contributed by atoms with Crippen LogP contribution in [0.3, 0.4) is 0 Å². The van der Waals surface area contributed by atoms with Crippen molar-refractivity contribution in [3.63, 3.8) is 0 Å². The Labute approximate surface area is 157 Å². The van der Waals surface area contributed by atoms with Crippen LogP contribution < -0.4 is 5.32 Å². The highest BCUT2D eigenvalue weighted by Gasteiger charge is 2.11. The smallest absolute Gasteiger partial charge is 0.285 e. The molecule has 7 heteroatoms. The number of carbonyl (C=O) groups is 2. The van der Waals surface area contributed by atoms with E-state index in [2.05, 4.69) is 27.9 Å². The Kier molecular flexibility index (Phi) is 6.32. The fourth-order valence-corrected chi connectivity index (χ4v) is 3.44. The number of carbonyl (C=O) groups excluding carboxylic acids is 2. The fraction of sp³-hybridized carbons (Fsp3) is 0.125. The van der Waals surface area contributed by atoms with Crippen LogP contribution in [0.25, 0.3) is 0 Å². The molecule has 0 aliphatic carbocycles. The standard InChI is InChI=1S/C16H14ClIN2O2S/c1-20(2)16(22)23-12-6-4-11(5-7-12)19-15(21)13-8-3-10(17)9-14(13)18/h3-9H,1-2H3,(H,19,21). The second-order valence-corrected chi connectivity index (χ2v) is 7.49. The maximum absolute atomic E-state index is 12.3. The number of amides is 2. The topological polar surface area (TPSA) is 49.4 Å². The molecule has 2 aromatic rings. The average molecular weight is 461 g/mol. The molecule has 120 valence electrons. The maximum Gasteiger partial charge on any atom is 0.285 e. The van der Waals surface area contributed by atoms with Crippen molar-refractivity contribution in [2.75, 3.05) is 19.4 Å². The first-order valence-electron chi connectivity index (χ1n) is 6.62. The average Bonchev–Trinajstić information content (AvgIpc) is 2.48. The summed E-state index contributed by atoms with van der Waals surface area (Å²) in [5, 5.41) is 3.38. The minimum absolute atomic E-state index is 0.0440. The lowest BCUT2D eigenvalue weighted by Crippen LogP contribution is -2.16. The van der Waals surface area contributed by atoms with Crippen molar-refractivity contribution in [3.05, 3.63) is 56.6 Å². The van der Waals surface area contributed by atoms with Gasteiger partial charge in [-0.3, -0.25) is 9.59 Å². The summed E-state index contributed by atoms with van der Waals surface area (Å²) in [6, 6.07) is 12.3. The largest absolute Gasteiger partial charge is 0.339 e. The molecule has 0 aliphatic rings. The molecule has 23 heavy (non-hydrogen) atoms. The minimum Gasteiger partial charge on any atom is -0.339 e. The number of halogens is 2. The molecule has 0 heterocycles. The molecule has 0 saturated heterocycles. The minimum atomic E-state index is -0.198. The van der Waals surface area contributed by atoms with Gasteiger partial charge >= 0.3 is 0 Å². The van der Waals surface area contributed by atoms with Crippen molar-refractivity contribution in [1.29, 1.82) is 0 Å². The Balaban J connectivity index is 2.06. The van der Waals surface area contributed by atoms with Crippen LogP contribution in [0.4, 0.5) is 10.5 Å². The van der Waals surface area contributed by atoms with E-state index in [1.54, 1.807) is 56.6 Å². The lowest BCUT2D eigenvalue weighted by Gasteiger charge is -2.10. The number of hydrogen-bond acceptors (Lipinski definition) is 3.